The minimum absolute atomic E-state index is 0.0410. The highest BCUT2D eigenvalue weighted by Gasteiger charge is 2.64. The molecule has 4 saturated carbocycles. The molecule has 2 aromatic rings. The van der Waals surface area contributed by atoms with Crippen LogP contribution in [0.25, 0.3) is 0 Å². The Balaban J connectivity index is 0.808. The molecular weight excluding hydrogens is 989 g/mol. The lowest BCUT2D eigenvalue weighted by molar-refractivity contribution is -0.353. The number of ether oxygens (including phenoxy) is 8. The van der Waals surface area contributed by atoms with E-state index in [0.29, 0.717) is 73.2 Å². The lowest BCUT2D eigenvalue weighted by Gasteiger charge is -2.61. The number of carbonyl (C=O) groups is 4. The van der Waals surface area contributed by atoms with Gasteiger partial charge in [-0.05, 0) is 140 Å². The number of aliphatic hydroxyl groups is 1. The van der Waals surface area contributed by atoms with Crippen molar-refractivity contribution >= 4 is 23.5 Å². The maximum absolute atomic E-state index is 14.4. The van der Waals surface area contributed by atoms with E-state index in [1.54, 1.807) is 36.4 Å². The van der Waals surface area contributed by atoms with Gasteiger partial charge in [0.25, 0.3) is 0 Å². The summed E-state index contributed by atoms with van der Waals surface area (Å²) in [6.45, 7) is 24.6. The van der Waals surface area contributed by atoms with Gasteiger partial charge >= 0.3 is 11.9 Å². The first-order valence-corrected chi connectivity index (χ1v) is 30.3. The molecule has 24 atom stereocenters. The summed E-state index contributed by atoms with van der Waals surface area (Å²) in [5.41, 5.74) is 0.782. The van der Waals surface area contributed by atoms with Crippen LogP contribution in [-0.4, -0.2) is 104 Å². The fourth-order valence-corrected chi connectivity index (χ4v) is 16.1. The molecule has 7 fully saturated rings. The fourth-order valence-electron chi connectivity index (χ4n) is 16.1. The summed E-state index contributed by atoms with van der Waals surface area (Å²) in [4.78, 5) is 54.7. The molecule has 0 amide bonds. The van der Waals surface area contributed by atoms with Crippen LogP contribution in [0.3, 0.4) is 0 Å². The van der Waals surface area contributed by atoms with Crippen molar-refractivity contribution in [3.05, 3.63) is 71.8 Å². The molecule has 13 unspecified atom stereocenters. The van der Waals surface area contributed by atoms with E-state index in [1.165, 1.54) is 0 Å². The van der Waals surface area contributed by atoms with Crippen molar-refractivity contribution < 1.29 is 62.2 Å². The van der Waals surface area contributed by atoms with Crippen LogP contribution in [0.2, 0.25) is 0 Å². The molecule has 13 nitrogen and oxygen atoms in total. The summed E-state index contributed by atoms with van der Waals surface area (Å²) in [5, 5.41) is 11.8. The second kappa shape index (κ2) is 24.9. The number of hydrogen-bond acceptors (Lipinski definition) is 13. The van der Waals surface area contributed by atoms with Crippen LogP contribution < -0.4 is 0 Å². The van der Waals surface area contributed by atoms with Gasteiger partial charge in [-0.1, -0.05) is 113 Å². The Bertz CT molecular complexity index is 2340. The maximum Gasteiger partial charge on any atom is 0.338 e. The molecule has 0 aromatic heterocycles. The van der Waals surface area contributed by atoms with E-state index < -0.39 is 61.1 Å². The lowest BCUT2D eigenvalue weighted by atomic mass is 9.44. The predicted molar refractivity (Wildman–Crippen MR) is 295 cm³/mol. The molecule has 9 rings (SSSR count). The third kappa shape index (κ3) is 12.0. The van der Waals surface area contributed by atoms with Crippen molar-refractivity contribution in [1.29, 1.82) is 0 Å². The minimum atomic E-state index is -0.971. The Kier molecular flexibility index (Phi) is 18.8. The van der Waals surface area contributed by atoms with Gasteiger partial charge in [0.15, 0.2) is 25.0 Å². The zero-order valence-electron chi connectivity index (χ0n) is 48.7. The zero-order chi connectivity index (χ0) is 55.8. The van der Waals surface area contributed by atoms with Gasteiger partial charge in [-0.25, -0.2) is 9.59 Å². The van der Waals surface area contributed by atoms with E-state index in [9.17, 15) is 24.3 Å². The summed E-state index contributed by atoms with van der Waals surface area (Å²) in [6, 6.07) is 17.8. The lowest BCUT2D eigenvalue weighted by Crippen LogP contribution is -2.60. The predicted octanol–water partition coefficient (Wildman–Crippen LogP) is 11.7. The third-order valence-electron chi connectivity index (χ3n) is 21.8. The number of benzene rings is 2. The van der Waals surface area contributed by atoms with Crippen LogP contribution >= 0.6 is 0 Å². The Morgan fingerprint density at radius 1 is 0.718 bits per heavy atom. The van der Waals surface area contributed by atoms with Gasteiger partial charge in [-0.15, -0.1) is 0 Å². The Morgan fingerprint density at radius 2 is 1.38 bits per heavy atom. The highest BCUT2D eigenvalue weighted by atomic mass is 16.7. The van der Waals surface area contributed by atoms with Crippen LogP contribution in [0.1, 0.15) is 168 Å². The largest absolute Gasteiger partial charge is 0.459 e. The van der Waals surface area contributed by atoms with Crippen molar-refractivity contribution in [3.63, 3.8) is 0 Å². The van der Waals surface area contributed by atoms with E-state index in [2.05, 4.69) is 62.3 Å². The number of ketones is 2. The van der Waals surface area contributed by atoms with Gasteiger partial charge < -0.3 is 43.0 Å². The quantitative estimate of drug-likeness (QED) is 0.111. The highest BCUT2D eigenvalue weighted by molar-refractivity contribution is 5.92. The molecule has 3 heterocycles. The molecule has 0 spiro atoms. The molecule has 4 aliphatic carbocycles. The zero-order valence-corrected chi connectivity index (χ0v) is 48.7. The number of carbonyl (C=O) groups excluding carboxylic acids is 4. The van der Waals surface area contributed by atoms with Crippen molar-refractivity contribution in [1.82, 2.24) is 0 Å². The van der Waals surface area contributed by atoms with E-state index in [0.717, 1.165) is 51.4 Å². The molecule has 0 radical (unpaired) electrons. The van der Waals surface area contributed by atoms with E-state index in [4.69, 9.17) is 37.9 Å². The molecule has 7 aliphatic rings. The monoisotopic (exact) mass is 1080 g/mol. The van der Waals surface area contributed by atoms with Crippen LogP contribution in [0.4, 0.5) is 0 Å². The smallest absolute Gasteiger partial charge is 0.338 e. The van der Waals surface area contributed by atoms with Crippen molar-refractivity contribution in [2.75, 3.05) is 19.8 Å². The summed E-state index contributed by atoms with van der Waals surface area (Å²) < 4.78 is 51.6. The Hall–Kier alpha value is -3.56. The van der Waals surface area contributed by atoms with Crippen LogP contribution in [0, 0.1) is 87.8 Å². The van der Waals surface area contributed by atoms with E-state index >= 15 is 0 Å². The molecule has 0 bridgehead atoms. The number of esters is 2. The molecule has 432 valence electrons. The van der Waals surface area contributed by atoms with Crippen LogP contribution in [0.15, 0.2) is 60.7 Å². The standard InChI is InChI=1S/C65H94O13/c1-12-53-40(6)39(5)41(7)61(75-53)78-58-43(9)56(68)54(35-71-59(69)44-19-15-13-16-20-44)76-63(58)74-47-27-29-64(10)46(31-47)24-25-48-49(64)28-30-65(11)50(48)32-52(67)55(65)42(8)51(66)26-23-36(2)33-72-62-57(38(4)37(3)34-73-62)77-60(70)45-21-17-14-18-22-45/h13-22,36-43,46-50,53-58,61-63,68H,12,23-35H2,1-11H3/t36-,37-,38-,39-,40+,41?,42+,43-,46?,47?,48?,49?,50?,53?,54?,55?,56+,57?,58?,61-,62+,63+,64?,65?/m0/s1. The Morgan fingerprint density at radius 3 is 2.08 bits per heavy atom. The molecule has 2 aromatic carbocycles. The molecule has 1 N–H and O–H groups in total. The molecule has 13 heteroatoms. The second-order valence-electron chi connectivity index (χ2n) is 26.4. The highest BCUT2D eigenvalue weighted by Crippen LogP contribution is 2.68. The van der Waals surface area contributed by atoms with Gasteiger partial charge in [-0.3, -0.25) is 9.59 Å². The van der Waals surface area contributed by atoms with Crippen LogP contribution in [0.5, 0.6) is 0 Å². The maximum atomic E-state index is 14.4. The number of aliphatic hydroxyl groups excluding tert-OH is 1. The van der Waals surface area contributed by atoms with E-state index in [1.807, 2.05) is 38.1 Å². The summed E-state index contributed by atoms with van der Waals surface area (Å²) >= 11 is 0. The van der Waals surface area contributed by atoms with Crippen molar-refractivity contribution in [3.8, 4) is 0 Å². The molecule has 3 aliphatic heterocycles. The van der Waals surface area contributed by atoms with Crippen LogP contribution in [-0.2, 0) is 47.5 Å². The number of rotatable bonds is 18. The molecule has 78 heavy (non-hydrogen) atoms. The van der Waals surface area contributed by atoms with Gasteiger partial charge in [0.05, 0.1) is 42.7 Å². The summed E-state index contributed by atoms with van der Waals surface area (Å²) in [7, 11) is 0. The normalized spacial score (nSPS) is 42.3. The van der Waals surface area contributed by atoms with Gasteiger partial charge in [-0.2, -0.15) is 0 Å². The number of Topliss-reactive ketones (excluding diaryl/α,β-unsaturated/α-hetero) is 2. The van der Waals surface area contributed by atoms with Gasteiger partial charge in [0, 0.05) is 42.4 Å². The third-order valence-corrected chi connectivity index (χ3v) is 21.8. The van der Waals surface area contributed by atoms with Crippen molar-refractivity contribution in [2.45, 2.75) is 202 Å². The topological polar surface area (TPSA) is 162 Å². The average Bonchev–Trinajstić information content (AvgIpc) is 3.97. The Labute approximate surface area is 465 Å². The first-order chi connectivity index (χ1) is 37.2. The second-order valence-corrected chi connectivity index (χ2v) is 26.4. The minimum Gasteiger partial charge on any atom is -0.459 e. The van der Waals surface area contributed by atoms with Gasteiger partial charge in [0.2, 0.25) is 0 Å². The summed E-state index contributed by atoms with van der Waals surface area (Å²) in [6.07, 6.45) is 4.27. The number of fused-ring (bicyclic) bond motifs is 5. The average molecular weight is 1080 g/mol. The number of hydrogen-bond donors (Lipinski definition) is 1. The SMILES string of the molecule is CCC1O[C@@H](OC2[C@H](OC3CCC4(C)C(CCC5C4CCC4(C)C5CC(=O)C4[C@H](C)C(=O)CC[C@H](C)CO[C@@H]4OC[C@H](C)[C@H](C)C4OC(=O)c4ccccc4)C3)OC(COC(=O)c3ccccc3)[C@H](O)[C@@H]2C)C(C)[C@@H](C)[C@H]1C. The van der Waals surface area contributed by atoms with Crippen molar-refractivity contribution in [2.24, 2.45) is 87.8 Å². The first-order valence-electron chi connectivity index (χ1n) is 30.3. The van der Waals surface area contributed by atoms with E-state index in [-0.39, 0.29) is 82.6 Å². The molecule has 3 saturated heterocycles. The summed E-state index contributed by atoms with van der Waals surface area (Å²) in [5.74, 6) is 1.23. The first kappa shape index (κ1) is 59.1. The fraction of sp³-hybridized carbons (Fsp3) is 0.754. The van der Waals surface area contributed by atoms with Gasteiger partial charge in [0.1, 0.15) is 30.4 Å². The molecular formula is C65H94O13.